The molecule has 3 heterocycles. The van der Waals surface area contributed by atoms with Gasteiger partial charge in [-0.25, -0.2) is 4.39 Å². The second kappa shape index (κ2) is 28.7. The molecule has 0 spiro atoms. The van der Waals surface area contributed by atoms with Gasteiger partial charge in [-0.15, -0.1) is 0 Å². The Kier molecular flexibility index (Phi) is 17.2. The van der Waals surface area contributed by atoms with Crippen LogP contribution in [0.3, 0.4) is 0 Å². The second-order valence-corrected chi connectivity index (χ2v) is 31.0. The number of hydrogen-bond donors (Lipinski definition) is 0. The topological polar surface area (TPSA) is 27.7 Å². The second-order valence-electron chi connectivity index (χ2n) is 31.0. The Morgan fingerprint density at radius 3 is 1.14 bits per heavy atom. The number of ether oxygens (including phenoxy) is 3. The lowest BCUT2D eigenvalue weighted by Crippen LogP contribution is -2.05. The first kappa shape index (κ1) is 69.0. The number of fused-ring (bicyclic) bond motifs is 12. The molecule has 4 heteroatoms. The molecule has 0 aliphatic carbocycles. The zero-order valence-corrected chi connectivity index (χ0v) is 64.3. The number of aryl methyl sites for hydroxylation is 1. The van der Waals surface area contributed by atoms with Crippen molar-refractivity contribution in [3.05, 3.63) is 392 Å². The fraction of sp³-hybridized carbons (Fsp3) is 0.0811. The minimum atomic E-state index is -0.163. The summed E-state index contributed by atoms with van der Waals surface area (Å²) in [5.74, 6) is 2.58. The predicted octanol–water partition coefficient (Wildman–Crippen LogP) is 29.7. The number of hydrogen-bond acceptors (Lipinski definition) is 3. The molecule has 0 N–H and O–H groups in total. The molecule has 0 bridgehead atoms. The molecule has 0 aromatic heterocycles. The van der Waals surface area contributed by atoms with Crippen LogP contribution in [0.1, 0.15) is 34.7 Å². The molecule has 0 radical (unpaired) electrons. The van der Waals surface area contributed by atoms with Crippen molar-refractivity contribution in [1.29, 1.82) is 0 Å². The molecule has 3 aliphatic rings. The highest BCUT2D eigenvalue weighted by Gasteiger charge is 2.29. The van der Waals surface area contributed by atoms with Crippen molar-refractivity contribution in [3.63, 3.8) is 0 Å². The summed E-state index contributed by atoms with van der Waals surface area (Å²) in [4.78, 5) is 0. The number of halogens is 1. The Hall–Kier alpha value is -13.9. The van der Waals surface area contributed by atoms with Crippen LogP contribution >= 0.6 is 0 Å². The van der Waals surface area contributed by atoms with Gasteiger partial charge in [-0.1, -0.05) is 322 Å². The lowest BCUT2D eigenvalue weighted by molar-refractivity contribution is 0.254. The zero-order chi connectivity index (χ0) is 76.8. The molecule has 1 atom stereocenters. The molecule has 0 saturated heterocycles. The van der Waals surface area contributed by atoms with Crippen LogP contribution in [-0.4, -0.2) is 19.3 Å². The average Bonchev–Trinajstić information content (AvgIpc) is 1.55. The van der Waals surface area contributed by atoms with Crippen molar-refractivity contribution in [3.8, 4) is 106 Å². The average molecular weight is 1480 g/mol. The van der Waals surface area contributed by atoms with E-state index in [4.69, 9.17) is 14.2 Å². The third-order valence-corrected chi connectivity index (χ3v) is 24.4. The van der Waals surface area contributed by atoms with Crippen LogP contribution in [-0.2, 0) is 19.3 Å². The van der Waals surface area contributed by atoms with Crippen molar-refractivity contribution in [2.24, 2.45) is 0 Å². The summed E-state index contributed by atoms with van der Waals surface area (Å²) in [5, 5.41) is 22.2. The maximum absolute atomic E-state index is 15.8. The van der Waals surface area contributed by atoms with Crippen molar-refractivity contribution < 1.29 is 18.6 Å². The quantitative estimate of drug-likeness (QED) is 0.142. The summed E-state index contributed by atoms with van der Waals surface area (Å²) in [5.41, 5.74) is 25.3. The molecule has 0 fully saturated rings. The molecule has 20 aromatic carbocycles. The van der Waals surface area contributed by atoms with E-state index in [2.05, 4.69) is 354 Å². The number of rotatable bonds is 8. The first-order valence-corrected chi connectivity index (χ1v) is 40.2. The lowest BCUT2D eigenvalue weighted by Gasteiger charge is -2.22. The minimum Gasteiger partial charge on any atom is -0.493 e. The van der Waals surface area contributed by atoms with E-state index >= 15 is 4.39 Å². The fourth-order valence-corrected chi connectivity index (χ4v) is 19.3. The largest absolute Gasteiger partial charge is 0.493 e. The van der Waals surface area contributed by atoms with E-state index in [-0.39, 0.29) is 11.9 Å². The van der Waals surface area contributed by atoms with Gasteiger partial charge in [0.1, 0.15) is 29.2 Å². The minimum absolute atomic E-state index is 0.163. The van der Waals surface area contributed by atoms with Gasteiger partial charge in [-0.2, -0.15) is 0 Å². The van der Waals surface area contributed by atoms with Crippen LogP contribution in [0.25, 0.3) is 186 Å². The zero-order valence-electron chi connectivity index (χ0n) is 64.3. The molecule has 0 amide bonds. The summed E-state index contributed by atoms with van der Waals surface area (Å²) in [6.45, 7) is 7.96. The summed E-state index contributed by atoms with van der Waals surface area (Å²) < 4.78 is 33.4. The van der Waals surface area contributed by atoms with E-state index in [0.29, 0.717) is 29.9 Å². The third-order valence-electron chi connectivity index (χ3n) is 24.4. The van der Waals surface area contributed by atoms with Crippen LogP contribution in [0.15, 0.2) is 358 Å². The lowest BCUT2D eigenvalue weighted by atomic mass is 9.81. The Morgan fingerprint density at radius 1 is 0.261 bits per heavy atom. The van der Waals surface area contributed by atoms with Crippen molar-refractivity contribution in [2.45, 2.75) is 46.1 Å². The Labute approximate surface area is 668 Å². The standard InChI is InChI=1S/C40H30O.C39H28O.C32H21FO/c1-25-24-37-28(22-23-41-37)26(2)38(25)40-34-18-10-8-16-32(34)39(33-17-9-11-19-35(33)40)36-21-20-29(27-12-4-3-5-13-27)30-14-6-7-15-31(30)36;1-25-23-28-24-27(19-22-37(28)40-25)29-20-21-36(31-14-6-5-13-30(29)31)39-34-17-9-7-15-32(34)38(26-11-3-2-4-12-26)33-16-8-10-18-35(33)39;33-32-27-17-18-34-29(27)16-15-28(32)31-25-11-5-3-9-23(25)30(24-10-4-6-12-26(24)31)22-14-13-20-7-1-2-8-21(20)19-22/h3-21,24H,22-23H2,1-2H3;2-22,24-25H,23H2,1H3;1-16,19H,17-18H2. The first-order valence-electron chi connectivity index (χ1n) is 40.2. The van der Waals surface area contributed by atoms with Crippen molar-refractivity contribution >= 4 is 97.0 Å². The molecule has 20 aromatic rings. The highest BCUT2D eigenvalue weighted by atomic mass is 19.1. The van der Waals surface area contributed by atoms with Gasteiger partial charge in [0.15, 0.2) is 0 Å². The summed E-state index contributed by atoms with van der Waals surface area (Å²) in [7, 11) is 0. The molecular weight excluding hydrogens is 1400 g/mol. The van der Waals surface area contributed by atoms with E-state index in [0.717, 1.165) is 58.1 Å². The molecule has 0 saturated carbocycles. The van der Waals surface area contributed by atoms with E-state index < -0.39 is 0 Å². The van der Waals surface area contributed by atoms with E-state index in [1.165, 1.54) is 176 Å². The summed E-state index contributed by atoms with van der Waals surface area (Å²) in [6.07, 6.45) is 2.79. The Balaban J connectivity index is 0.000000109. The van der Waals surface area contributed by atoms with Gasteiger partial charge in [0, 0.05) is 41.5 Å². The molecule has 115 heavy (non-hydrogen) atoms. The Bertz CT molecular complexity index is 7170. The summed E-state index contributed by atoms with van der Waals surface area (Å²) in [6, 6.07) is 129. The normalized spacial score (nSPS) is 13.3. The van der Waals surface area contributed by atoms with Crippen LogP contribution in [0.4, 0.5) is 4.39 Å². The molecule has 3 nitrogen and oxygen atoms in total. The van der Waals surface area contributed by atoms with Crippen molar-refractivity contribution in [2.75, 3.05) is 13.2 Å². The van der Waals surface area contributed by atoms with Gasteiger partial charge >= 0.3 is 0 Å². The first-order chi connectivity index (χ1) is 56.8. The molecule has 3 aliphatic heterocycles. The maximum Gasteiger partial charge on any atom is 0.138 e. The van der Waals surface area contributed by atoms with Crippen molar-refractivity contribution in [1.82, 2.24) is 0 Å². The van der Waals surface area contributed by atoms with E-state index in [9.17, 15) is 0 Å². The van der Waals surface area contributed by atoms with E-state index in [1.807, 2.05) is 24.3 Å². The third kappa shape index (κ3) is 11.8. The SMILES string of the molecule is CC1Cc2cc(-c3ccc(-c4c5ccccc5c(-c5ccccc5)c5ccccc45)c4ccccc34)ccc2O1.Cc1cc2c(c(C)c1-c1c3ccccc3c(-c3ccc(-c4ccccc4)c4ccccc34)c3ccccc13)CCO2.Fc1c(-c2c3ccccc3c(-c3ccc4ccccc4c3)c3ccccc23)ccc2c1CCO2. The van der Waals surface area contributed by atoms with Gasteiger partial charge in [-0.3, -0.25) is 0 Å². The predicted molar refractivity (Wildman–Crippen MR) is 482 cm³/mol. The highest BCUT2D eigenvalue weighted by molar-refractivity contribution is 6.27. The monoisotopic (exact) mass is 1480 g/mol. The molecule has 1 unspecified atom stereocenters. The van der Waals surface area contributed by atoms with Crippen LogP contribution < -0.4 is 14.2 Å². The molecule has 548 valence electrons. The molecule has 23 rings (SSSR count). The fourth-order valence-electron chi connectivity index (χ4n) is 19.3. The summed E-state index contributed by atoms with van der Waals surface area (Å²) >= 11 is 0. The van der Waals surface area contributed by atoms with Gasteiger partial charge in [0.25, 0.3) is 0 Å². The maximum atomic E-state index is 15.8. The van der Waals surface area contributed by atoms with Gasteiger partial charge in [0.2, 0.25) is 0 Å². The van der Waals surface area contributed by atoms with Crippen LogP contribution in [0.5, 0.6) is 17.2 Å². The molecular formula is C111H79FO3. The highest BCUT2D eigenvalue weighted by Crippen LogP contribution is 2.53. The van der Waals surface area contributed by atoms with Gasteiger partial charge < -0.3 is 14.2 Å². The van der Waals surface area contributed by atoms with E-state index in [1.54, 1.807) is 0 Å². The smallest absolute Gasteiger partial charge is 0.138 e. The van der Waals surface area contributed by atoms with Gasteiger partial charge in [-0.05, 0) is 249 Å². The Morgan fingerprint density at radius 2 is 0.626 bits per heavy atom. The number of benzene rings is 20. The van der Waals surface area contributed by atoms with Crippen LogP contribution in [0.2, 0.25) is 0 Å². The van der Waals surface area contributed by atoms with Gasteiger partial charge in [0.05, 0.1) is 13.2 Å². The van der Waals surface area contributed by atoms with Crippen LogP contribution in [0, 0.1) is 19.7 Å².